The van der Waals surface area contributed by atoms with E-state index in [1.807, 2.05) is 47.8 Å². The SMILES string of the molecule is Clc1ccccc1[S+](c1ccccc1)c1scc(Cl)c1-c1ccccc1.F[P-](F)(F)(F)(F)F. The van der Waals surface area contributed by atoms with Crippen LogP contribution in [0, 0.1) is 0 Å². The molecule has 11 heteroatoms. The summed E-state index contributed by atoms with van der Waals surface area (Å²) in [7, 11) is -11.0. The van der Waals surface area contributed by atoms with Crippen molar-refractivity contribution in [2.24, 2.45) is 0 Å². The molecule has 0 fully saturated rings. The first-order valence-electron chi connectivity index (χ1n) is 9.13. The quantitative estimate of drug-likeness (QED) is 0.133. The average Bonchev–Trinajstić information content (AvgIpc) is 3.10. The van der Waals surface area contributed by atoms with Gasteiger partial charge in [0, 0.05) is 5.38 Å². The Labute approximate surface area is 203 Å². The fourth-order valence-corrected chi connectivity index (χ4v) is 7.42. The third-order valence-electron chi connectivity index (χ3n) is 4.00. The number of hydrogen-bond acceptors (Lipinski definition) is 1. The molecule has 0 saturated heterocycles. The molecule has 1 heterocycles. The van der Waals surface area contributed by atoms with E-state index in [1.165, 1.54) is 9.10 Å². The topological polar surface area (TPSA) is 0 Å². The molecule has 0 bridgehead atoms. The Morgan fingerprint density at radius 2 is 1.12 bits per heavy atom. The zero-order valence-electron chi connectivity index (χ0n) is 16.4. The molecule has 0 saturated carbocycles. The van der Waals surface area contributed by atoms with Gasteiger partial charge >= 0.3 is 33.0 Å². The van der Waals surface area contributed by atoms with Crippen LogP contribution in [0.5, 0.6) is 0 Å². The summed E-state index contributed by atoms with van der Waals surface area (Å²) in [6.45, 7) is 0. The van der Waals surface area contributed by atoms with Crippen LogP contribution in [-0.2, 0) is 10.9 Å². The van der Waals surface area contributed by atoms with Crippen molar-refractivity contribution in [3.8, 4) is 11.1 Å². The van der Waals surface area contributed by atoms with Gasteiger partial charge in [0.05, 0.1) is 15.6 Å². The zero-order chi connectivity index (χ0) is 24.3. The second-order valence-corrected chi connectivity index (χ2v) is 12.4. The van der Waals surface area contributed by atoms with Gasteiger partial charge in [-0.05, 0) is 29.8 Å². The predicted octanol–water partition coefficient (Wildman–Crippen LogP) is 11.2. The molecule has 4 rings (SSSR count). The molecule has 1 unspecified atom stereocenters. The molecule has 0 nitrogen and oxygen atoms in total. The summed E-state index contributed by atoms with van der Waals surface area (Å²) in [5.41, 5.74) is 2.23. The summed E-state index contributed by atoms with van der Waals surface area (Å²) < 4.78 is 60.4. The van der Waals surface area contributed by atoms with Gasteiger partial charge in [-0.2, -0.15) is 0 Å². The first-order chi connectivity index (χ1) is 15.2. The van der Waals surface area contributed by atoms with Crippen molar-refractivity contribution in [2.45, 2.75) is 14.0 Å². The molecule has 176 valence electrons. The normalized spacial score (nSPS) is 14.4. The Balaban J connectivity index is 0.000000383. The first kappa shape index (κ1) is 25.9. The molecule has 0 radical (unpaired) electrons. The Hall–Kier alpha value is -1.70. The molecule has 1 atom stereocenters. The number of rotatable bonds is 4. The van der Waals surface area contributed by atoms with Crippen molar-refractivity contribution in [3.63, 3.8) is 0 Å². The molecule has 0 N–H and O–H groups in total. The van der Waals surface area contributed by atoms with Crippen molar-refractivity contribution in [2.75, 3.05) is 0 Å². The van der Waals surface area contributed by atoms with Crippen LogP contribution in [0.3, 0.4) is 0 Å². The Kier molecular flexibility index (Phi) is 7.19. The van der Waals surface area contributed by atoms with Gasteiger partial charge in [0.2, 0.25) is 4.21 Å². The van der Waals surface area contributed by atoms with Gasteiger partial charge in [-0.1, -0.05) is 95.2 Å². The van der Waals surface area contributed by atoms with E-state index in [9.17, 15) is 25.2 Å². The molecule has 33 heavy (non-hydrogen) atoms. The Morgan fingerprint density at radius 1 is 0.636 bits per heavy atom. The molecule has 3 aromatic carbocycles. The van der Waals surface area contributed by atoms with Crippen molar-refractivity contribution in [3.05, 3.63) is 100 Å². The van der Waals surface area contributed by atoms with Gasteiger partial charge in [-0.3, -0.25) is 0 Å². The molecule has 0 spiro atoms. The van der Waals surface area contributed by atoms with Gasteiger partial charge in [0.1, 0.15) is 10.9 Å². The summed E-state index contributed by atoms with van der Waals surface area (Å²) in [5, 5.41) is 3.60. The summed E-state index contributed by atoms with van der Waals surface area (Å²) in [4.78, 5) is 2.35. The predicted molar refractivity (Wildman–Crippen MR) is 128 cm³/mol. The molecular formula is C22H15Cl2F6PS2. The summed E-state index contributed by atoms with van der Waals surface area (Å²) >= 11 is 14.9. The number of halogens is 8. The van der Waals surface area contributed by atoms with E-state index in [0.29, 0.717) is 0 Å². The van der Waals surface area contributed by atoms with Gasteiger partial charge < -0.3 is 0 Å². The van der Waals surface area contributed by atoms with Crippen molar-refractivity contribution in [1.82, 2.24) is 0 Å². The van der Waals surface area contributed by atoms with Crippen LogP contribution >= 0.6 is 42.3 Å². The first-order valence-corrected chi connectivity index (χ1v) is 14.0. The fraction of sp³-hybridized carbons (Fsp3) is 0. The van der Waals surface area contributed by atoms with E-state index in [4.69, 9.17) is 23.2 Å². The maximum absolute atomic E-state index is 10.7. The van der Waals surface area contributed by atoms with Gasteiger partial charge in [0.25, 0.3) is 0 Å². The van der Waals surface area contributed by atoms with E-state index < -0.39 is 7.81 Å². The molecule has 0 aliphatic heterocycles. The zero-order valence-corrected chi connectivity index (χ0v) is 20.5. The molecule has 0 aliphatic rings. The van der Waals surface area contributed by atoms with Gasteiger partial charge in [-0.25, -0.2) is 0 Å². The van der Waals surface area contributed by atoms with Crippen LogP contribution in [0.4, 0.5) is 25.2 Å². The van der Waals surface area contributed by atoms with Crippen LogP contribution in [0.1, 0.15) is 0 Å². The molecule has 1 aromatic heterocycles. The van der Waals surface area contributed by atoms with Crippen LogP contribution in [0.2, 0.25) is 10.0 Å². The van der Waals surface area contributed by atoms with Gasteiger partial charge in [-0.15, -0.1) is 0 Å². The third kappa shape index (κ3) is 8.23. The van der Waals surface area contributed by atoms with Crippen LogP contribution in [0.15, 0.2) is 104 Å². The maximum atomic E-state index is 9.87. The Bertz CT molecular complexity index is 1220. The number of hydrogen-bond donors (Lipinski definition) is 0. The monoisotopic (exact) mass is 558 g/mol. The van der Waals surface area contributed by atoms with Crippen molar-refractivity contribution in [1.29, 1.82) is 0 Å². The third-order valence-corrected chi connectivity index (χ3v) is 8.54. The average molecular weight is 559 g/mol. The summed E-state index contributed by atoms with van der Waals surface area (Å²) in [5.74, 6) is 0. The van der Waals surface area contributed by atoms with E-state index in [1.54, 1.807) is 11.3 Å². The summed E-state index contributed by atoms with van der Waals surface area (Å²) in [6, 6.07) is 28.9. The van der Waals surface area contributed by atoms with Crippen molar-refractivity contribution >= 4 is 53.2 Å². The van der Waals surface area contributed by atoms with Gasteiger partial charge in [0.15, 0.2) is 9.79 Å². The fourth-order valence-electron chi connectivity index (χ4n) is 2.83. The molecule has 4 aromatic rings. The Morgan fingerprint density at radius 3 is 1.67 bits per heavy atom. The van der Waals surface area contributed by atoms with Crippen LogP contribution in [-0.4, -0.2) is 0 Å². The van der Waals surface area contributed by atoms with E-state index in [2.05, 4.69) is 42.5 Å². The molecular weight excluding hydrogens is 544 g/mol. The molecule has 0 amide bonds. The van der Waals surface area contributed by atoms with E-state index >= 15 is 0 Å². The standard InChI is InChI=1S/C22H15Cl2S2.F6P/c23-18-13-7-8-14-20(18)26(17-11-5-2-6-12-17)22-21(19(24)15-25-22)16-9-3-1-4-10-16;1-7(2,3,4,5)6/h1-15H;/q+1;-1. The minimum absolute atomic E-state index is 0.315. The number of benzene rings is 3. The van der Waals surface area contributed by atoms with Crippen molar-refractivity contribution < 1.29 is 25.2 Å². The minimum atomic E-state index is -10.7. The van der Waals surface area contributed by atoms with Crippen LogP contribution < -0.4 is 0 Å². The van der Waals surface area contributed by atoms with E-state index in [0.717, 1.165) is 26.1 Å². The van der Waals surface area contributed by atoms with E-state index in [-0.39, 0.29) is 10.9 Å². The molecule has 0 aliphatic carbocycles. The van der Waals surface area contributed by atoms with Crippen LogP contribution in [0.25, 0.3) is 11.1 Å². The number of thiophene rings is 1. The second-order valence-electron chi connectivity index (χ2n) is 6.62. The summed E-state index contributed by atoms with van der Waals surface area (Å²) in [6.07, 6.45) is 0. The second kappa shape index (κ2) is 9.16.